The molecule has 1 aliphatic heterocycles. The largest absolute Gasteiger partial charge is 0.496 e. The summed E-state index contributed by atoms with van der Waals surface area (Å²) in [5.41, 5.74) is 1.51. The lowest BCUT2D eigenvalue weighted by Crippen LogP contribution is -2.44. The fraction of sp³-hybridized carbons (Fsp3) is 0.300. The minimum atomic E-state index is -0.397. The number of nitrogens with one attached hydrogen (secondary N) is 2. The fourth-order valence-electron chi connectivity index (χ4n) is 3.15. The molecule has 0 radical (unpaired) electrons. The first kappa shape index (κ1) is 18.7. The Morgan fingerprint density at radius 3 is 2.85 bits per heavy atom. The molecule has 6 nitrogen and oxygen atoms in total. The van der Waals surface area contributed by atoms with Crippen LogP contribution in [0.3, 0.4) is 0 Å². The second-order valence-electron chi connectivity index (χ2n) is 6.35. The molecule has 0 aliphatic carbocycles. The molecule has 27 heavy (non-hydrogen) atoms. The molecular weight excluding hydrogens is 349 g/mol. The number of amides is 3. The van der Waals surface area contributed by atoms with Crippen molar-refractivity contribution in [1.82, 2.24) is 10.6 Å². The van der Waals surface area contributed by atoms with Gasteiger partial charge in [-0.1, -0.05) is 24.3 Å². The Labute approximate surface area is 157 Å². The number of para-hydroxylation sites is 1. The normalized spacial score (nSPS) is 16.3. The van der Waals surface area contributed by atoms with E-state index in [0.717, 1.165) is 11.3 Å². The highest BCUT2D eigenvalue weighted by atomic mass is 19.1. The van der Waals surface area contributed by atoms with Crippen molar-refractivity contribution >= 4 is 17.6 Å². The van der Waals surface area contributed by atoms with Crippen molar-refractivity contribution in [2.75, 3.05) is 25.1 Å². The number of urea groups is 1. The summed E-state index contributed by atoms with van der Waals surface area (Å²) in [5, 5.41) is 5.59. The molecule has 1 saturated heterocycles. The molecule has 0 saturated carbocycles. The molecule has 2 aromatic carbocycles. The van der Waals surface area contributed by atoms with E-state index >= 15 is 0 Å². The van der Waals surface area contributed by atoms with Crippen molar-refractivity contribution in [3.8, 4) is 5.75 Å². The smallest absolute Gasteiger partial charge is 0.315 e. The quantitative estimate of drug-likeness (QED) is 0.820. The van der Waals surface area contributed by atoms with Gasteiger partial charge in [-0.3, -0.25) is 4.79 Å². The van der Waals surface area contributed by atoms with Gasteiger partial charge in [-0.15, -0.1) is 0 Å². The van der Waals surface area contributed by atoms with Crippen LogP contribution in [-0.2, 0) is 11.2 Å². The van der Waals surface area contributed by atoms with Crippen LogP contribution in [0.5, 0.6) is 5.75 Å². The van der Waals surface area contributed by atoms with Gasteiger partial charge < -0.3 is 20.3 Å². The number of anilines is 1. The van der Waals surface area contributed by atoms with E-state index in [-0.39, 0.29) is 24.4 Å². The number of methoxy groups -OCH3 is 1. The van der Waals surface area contributed by atoms with Gasteiger partial charge in [0.1, 0.15) is 11.6 Å². The van der Waals surface area contributed by atoms with Gasteiger partial charge in [-0.25, -0.2) is 9.18 Å². The lowest BCUT2D eigenvalue weighted by Gasteiger charge is -2.17. The van der Waals surface area contributed by atoms with Crippen molar-refractivity contribution in [1.29, 1.82) is 0 Å². The van der Waals surface area contributed by atoms with Crippen LogP contribution in [-0.4, -0.2) is 38.2 Å². The highest BCUT2D eigenvalue weighted by Crippen LogP contribution is 2.22. The predicted molar refractivity (Wildman–Crippen MR) is 100 cm³/mol. The summed E-state index contributed by atoms with van der Waals surface area (Å²) >= 11 is 0. The Hall–Kier alpha value is -3.09. The van der Waals surface area contributed by atoms with Gasteiger partial charge in [0, 0.05) is 25.2 Å². The molecular formula is C20H22FN3O3. The first-order valence-electron chi connectivity index (χ1n) is 8.79. The maximum Gasteiger partial charge on any atom is 0.315 e. The molecule has 3 amide bonds. The molecule has 3 rings (SSSR count). The number of ether oxygens (including phenoxy) is 1. The minimum absolute atomic E-state index is 0.139. The number of hydrogen-bond acceptors (Lipinski definition) is 3. The van der Waals surface area contributed by atoms with Crippen LogP contribution in [0, 0.1) is 5.82 Å². The third-order valence-corrected chi connectivity index (χ3v) is 4.45. The summed E-state index contributed by atoms with van der Waals surface area (Å²) < 4.78 is 18.6. The fourth-order valence-corrected chi connectivity index (χ4v) is 3.15. The van der Waals surface area contributed by atoms with E-state index in [1.807, 2.05) is 24.3 Å². The molecule has 0 unspecified atom stereocenters. The third kappa shape index (κ3) is 4.75. The van der Waals surface area contributed by atoms with Crippen molar-refractivity contribution in [3.63, 3.8) is 0 Å². The molecule has 7 heteroatoms. The number of nitrogens with zero attached hydrogens (tertiary/aromatic N) is 1. The lowest BCUT2D eigenvalue weighted by atomic mass is 10.1. The lowest BCUT2D eigenvalue weighted by molar-refractivity contribution is -0.117. The van der Waals surface area contributed by atoms with Gasteiger partial charge in [-0.2, -0.15) is 0 Å². The van der Waals surface area contributed by atoms with Crippen LogP contribution in [0.1, 0.15) is 12.0 Å². The topological polar surface area (TPSA) is 70.7 Å². The van der Waals surface area contributed by atoms with E-state index in [9.17, 15) is 14.0 Å². The molecule has 142 valence electrons. The van der Waals surface area contributed by atoms with Gasteiger partial charge in [0.05, 0.1) is 13.2 Å². The van der Waals surface area contributed by atoms with Gasteiger partial charge >= 0.3 is 6.03 Å². The van der Waals surface area contributed by atoms with Crippen LogP contribution < -0.4 is 20.3 Å². The molecule has 2 aromatic rings. The summed E-state index contributed by atoms with van der Waals surface area (Å²) in [6, 6.07) is 12.9. The number of hydrogen-bond donors (Lipinski definition) is 2. The van der Waals surface area contributed by atoms with E-state index in [0.29, 0.717) is 25.2 Å². The zero-order chi connectivity index (χ0) is 19.2. The standard InChI is InChI=1S/C20H22FN3O3/c1-27-18-8-3-2-5-14(18)9-10-22-20(26)23-16-12-19(25)24(13-16)17-7-4-6-15(21)11-17/h2-8,11,16H,9-10,12-13H2,1H3,(H2,22,23,26)/t16-/m1/s1. The molecule has 2 N–H and O–H groups in total. The Morgan fingerprint density at radius 2 is 2.07 bits per heavy atom. The molecule has 1 fully saturated rings. The Kier molecular flexibility index (Phi) is 5.90. The summed E-state index contributed by atoms with van der Waals surface area (Å²) in [6.45, 7) is 0.767. The number of rotatable bonds is 6. The number of benzene rings is 2. The Morgan fingerprint density at radius 1 is 1.26 bits per heavy atom. The van der Waals surface area contributed by atoms with E-state index in [2.05, 4.69) is 10.6 Å². The highest BCUT2D eigenvalue weighted by molar-refractivity contribution is 5.96. The predicted octanol–water partition coefficient (Wildman–Crippen LogP) is 2.48. The second-order valence-corrected chi connectivity index (χ2v) is 6.35. The summed E-state index contributed by atoms with van der Waals surface area (Å²) in [7, 11) is 1.61. The monoisotopic (exact) mass is 371 g/mol. The average molecular weight is 371 g/mol. The number of halogens is 1. The average Bonchev–Trinajstić information content (AvgIpc) is 3.02. The first-order chi connectivity index (χ1) is 13.1. The number of carbonyl (C=O) groups is 2. The van der Waals surface area contributed by atoms with Crippen LogP contribution in [0.4, 0.5) is 14.9 Å². The Balaban J connectivity index is 1.48. The van der Waals surface area contributed by atoms with Gasteiger partial charge in [0.15, 0.2) is 0 Å². The van der Waals surface area contributed by atoms with Crippen molar-refractivity contribution in [3.05, 3.63) is 59.9 Å². The first-order valence-corrected chi connectivity index (χ1v) is 8.79. The number of carbonyl (C=O) groups excluding carboxylic acids is 2. The third-order valence-electron chi connectivity index (χ3n) is 4.45. The van der Waals surface area contributed by atoms with Crippen molar-refractivity contribution in [2.24, 2.45) is 0 Å². The van der Waals surface area contributed by atoms with Crippen LogP contribution in [0.15, 0.2) is 48.5 Å². The van der Waals surface area contributed by atoms with Gasteiger partial charge in [0.25, 0.3) is 0 Å². The van der Waals surface area contributed by atoms with Gasteiger partial charge in [-0.05, 0) is 36.2 Å². The van der Waals surface area contributed by atoms with Crippen LogP contribution >= 0.6 is 0 Å². The summed E-state index contributed by atoms with van der Waals surface area (Å²) in [6.07, 6.45) is 0.826. The summed E-state index contributed by atoms with van der Waals surface area (Å²) in [4.78, 5) is 25.8. The zero-order valence-electron chi connectivity index (χ0n) is 15.1. The maximum atomic E-state index is 13.4. The molecule has 0 aromatic heterocycles. The molecule has 1 heterocycles. The van der Waals surface area contributed by atoms with E-state index < -0.39 is 5.82 Å². The molecule has 1 aliphatic rings. The molecule has 0 spiro atoms. The Bertz CT molecular complexity index is 828. The van der Waals surface area contributed by atoms with Crippen molar-refractivity contribution in [2.45, 2.75) is 18.9 Å². The highest BCUT2D eigenvalue weighted by Gasteiger charge is 2.31. The van der Waals surface area contributed by atoms with Gasteiger partial charge in [0.2, 0.25) is 5.91 Å². The summed E-state index contributed by atoms with van der Waals surface area (Å²) in [5.74, 6) is 0.248. The van der Waals surface area contributed by atoms with E-state index in [1.54, 1.807) is 19.2 Å². The maximum absolute atomic E-state index is 13.4. The SMILES string of the molecule is COc1ccccc1CCNC(=O)N[C@@H]1CC(=O)N(c2cccc(F)c2)C1. The zero-order valence-corrected chi connectivity index (χ0v) is 15.1. The molecule has 0 bridgehead atoms. The van der Waals surface area contributed by atoms with Crippen LogP contribution in [0.2, 0.25) is 0 Å². The van der Waals surface area contributed by atoms with Crippen molar-refractivity contribution < 1.29 is 18.7 Å². The van der Waals surface area contributed by atoms with E-state index in [4.69, 9.17) is 4.74 Å². The second kappa shape index (κ2) is 8.53. The molecule has 1 atom stereocenters. The van der Waals surface area contributed by atoms with E-state index in [1.165, 1.54) is 17.0 Å². The van der Waals surface area contributed by atoms with Crippen LogP contribution in [0.25, 0.3) is 0 Å². The minimum Gasteiger partial charge on any atom is -0.496 e.